The van der Waals surface area contributed by atoms with Gasteiger partial charge in [-0.3, -0.25) is 0 Å². The van der Waals surface area contributed by atoms with Gasteiger partial charge in [-0.2, -0.15) is 0 Å². The molecular weight excluding hydrogens is 235 g/mol. The number of nitrogens with two attached hydrogens (primary N) is 1. The van der Waals surface area contributed by atoms with Gasteiger partial charge in [-0.05, 0) is 24.1 Å². The van der Waals surface area contributed by atoms with Crippen LogP contribution in [-0.2, 0) is 5.33 Å². The zero-order chi connectivity index (χ0) is 10.0. The van der Waals surface area contributed by atoms with Crippen molar-refractivity contribution in [1.82, 2.24) is 0 Å². The minimum absolute atomic E-state index is 0.287. The van der Waals surface area contributed by atoms with E-state index in [1.165, 1.54) is 11.1 Å². The van der Waals surface area contributed by atoms with Crippen LogP contribution in [0.3, 0.4) is 0 Å². The molecule has 0 amide bonds. The highest BCUT2D eigenvalue weighted by atomic mass is 79.9. The van der Waals surface area contributed by atoms with Crippen molar-refractivity contribution < 1.29 is 4.39 Å². The van der Waals surface area contributed by atoms with Crippen LogP contribution in [0.4, 0.5) is 10.1 Å². The third-order valence-corrected chi connectivity index (χ3v) is 2.51. The first-order valence-electron chi connectivity index (χ1n) is 3.90. The second-order valence-electron chi connectivity index (χ2n) is 2.94. The number of benzene rings is 1. The topological polar surface area (TPSA) is 29.3 Å². The molecule has 72 valence electrons. The average Bonchev–Trinajstić information content (AvgIpc) is 2.07. The van der Waals surface area contributed by atoms with Crippen LogP contribution in [0.25, 0.3) is 0 Å². The van der Waals surface area contributed by atoms with E-state index in [1.54, 1.807) is 13.1 Å². The predicted octanol–water partition coefficient (Wildman–Crippen LogP) is 2.34. The zero-order valence-electron chi connectivity index (χ0n) is 7.64. The zero-order valence-corrected chi connectivity index (χ0v) is 9.23. The van der Waals surface area contributed by atoms with Crippen LogP contribution in [0.15, 0.2) is 12.1 Å². The van der Waals surface area contributed by atoms with Gasteiger partial charge in [0.15, 0.2) is 0 Å². The van der Waals surface area contributed by atoms with Crippen LogP contribution < -0.4 is 10.9 Å². The molecule has 0 heterocycles. The lowest BCUT2D eigenvalue weighted by atomic mass is 10.1. The molecule has 0 spiro atoms. The molecule has 0 bridgehead atoms. The van der Waals surface area contributed by atoms with E-state index in [4.69, 9.17) is 5.84 Å². The molecule has 0 aliphatic carbocycles. The Labute approximate surface area is 85.6 Å². The molecule has 1 aromatic carbocycles. The molecule has 0 aliphatic heterocycles. The Hall–Kier alpha value is -0.610. The second kappa shape index (κ2) is 4.07. The highest BCUT2D eigenvalue weighted by molar-refractivity contribution is 9.08. The average molecular weight is 247 g/mol. The highest BCUT2D eigenvalue weighted by Gasteiger charge is 2.12. The molecule has 0 radical (unpaired) electrons. The molecule has 0 fully saturated rings. The summed E-state index contributed by atoms with van der Waals surface area (Å²) >= 11 is 3.31. The molecule has 1 aromatic rings. The summed E-state index contributed by atoms with van der Waals surface area (Å²) in [4.78, 5) is 0. The van der Waals surface area contributed by atoms with Gasteiger partial charge in [-0.25, -0.2) is 10.2 Å². The molecule has 0 unspecified atom stereocenters. The van der Waals surface area contributed by atoms with Gasteiger partial charge in [0.25, 0.3) is 0 Å². The van der Waals surface area contributed by atoms with Crippen LogP contribution in [0.2, 0.25) is 0 Å². The van der Waals surface area contributed by atoms with Crippen LogP contribution in [-0.4, -0.2) is 7.05 Å². The third-order valence-electron chi connectivity index (χ3n) is 1.95. The van der Waals surface area contributed by atoms with Gasteiger partial charge in [0, 0.05) is 12.4 Å². The van der Waals surface area contributed by atoms with Crippen LogP contribution in [0, 0.1) is 12.7 Å². The summed E-state index contributed by atoms with van der Waals surface area (Å²) in [5, 5.41) is 1.91. The summed E-state index contributed by atoms with van der Waals surface area (Å²) in [5.41, 5.74) is 2.38. The standard InChI is InChI=1S/C9H12BrFN2/c1-6-3-4-8(11)9(13(2)12)7(6)5-10/h3-4H,5,12H2,1-2H3. The number of halogens is 2. The van der Waals surface area contributed by atoms with Gasteiger partial charge in [0.05, 0.1) is 5.69 Å². The summed E-state index contributed by atoms with van der Waals surface area (Å²) in [6.07, 6.45) is 0. The lowest BCUT2D eigenvalue weighted by Gasteiger charge is -2.18. The molecule has 0 saturated carbocycles. The van der Waals surface area contributed by atoms with Crippen molar-refractivity contribution in [3.63, 3.8) is 0 Å². The predicted molar refractivity (Wildman–Crippen MR) is 56.4 cm³/mol. The first-order valence-corrected chi connectivity index (χ1v) is 5.02. The summed E-state index contributed by atoms with van der Waals surface area (Å²) in [6.45, 7) is 1.93. The number of alkyl halides is 1. The molecule has 0 saturated heterocycles. The van der Waals surface area contributed by atoms with E-state index in [-0.39, 0.29) is 5.82 Å². The van der Waals surface area contributed by atoms with Crippen molar-refractivity contribution in [2.24, 2.45) is 5.84 Å². The number of rotatable bonds is 2. The molecule has 0 aliphatic rings. The summed E-state index contributed by atoms with van der Waals surface area (Å²) < 4.78 is 13.3. The molecular formula is C9H12BrFN2. The Bertz CT molecular complexity index is 313. The number of hydrogen-bond acceptors (Lipinski definition) is 2. The first-order chi connectivity index (χ1) is 6.07. The minimum Gasteiger partial charge on any atom is -0.311 e. The fourth-order valence-electron chi connectivity index (χ4n) is 1.26. The van der Waals surface area contributed by atoms with Gasteiger partial charge in [-0.1, -0.05) is 22.0 Å². The number of aryl methyl sites for hydroxylation is 1. The van der Waals surface area contributed by atoms with Crippen molar-refractivity contribution in [1.29, 1.82) is 0 Å². The summed E-state index contributed by atoms with van der Waals surface area (Å²) in [5.74, 6) is 5.25. The van der Waals surface area contributed by atoms with Gasteiger partial charge in [0.2, 0.25) is 0 Å². The van der Waals surface area contributed by atoms with Crippen molar-refractivity contribution in [3.8, 4) is 0 Å². The van der Waals surface area contributed by atoms with Crippen LogP contribution in [0.5, 0.6) is 0 Å². The lowest BCUT2D eigenvalue weighted by molar-refractivity contribution is 0.622. The Balaban J connectivity index is 3.35. The van der Waals surface area contributed by atoms with Crippen LogP contribution >= 0.6 is 15.9 Å². The van der Waals surface area contributed by atoms with Crippen molar-refractivity contribution >= 4 is 21.6 Å². The SMILES string of the molecule is Cc1ccc(F)c(N(C)N)c1CBr. The van der Waals surface area contributed by atoms with E-state index >= 15 is 0 Å². The molecule has 1 rings (SSSR count). The Morgan fingerprint density at radius 3 is 2.54 bits per heavy atom. The fourth-order valence-corrected chi connectivity index (χ4v) is 1.97. The van der Waals surface area contributed by atoms with Gasteiger partial charge in [-0.15, -0.1) is 0 Å². The normalized spacial score (nSPS) is 10.2. The van der Waals surface area contributed by atoms with Crippen molar-refractivity contribution in [2.75, 3.05) is 12.1 Å². The van der Waals surface area contributed by atoms with E-state index < -0.39 is 0 Å². The first kappa shape index (κ1) is 10.5. The number of anilines is 1. The maximum Gasteiger partial charge on any atom is 0.148 e. The summed E-state index contributed by atoms with van der Waals surface area (Å²) in [6, 6.07) is 3.18. The maximum atomic E-state index is 13.3. The van der Waals surface area contributed by atoms with E-state index in [0.717, 1.165) is 11.1 Å². The number of nitrogens with zero attached hydrogens (tertiary/aromatic N) is 1. The maximum absolute atomic E-state index is 13.3. The Morgan fingerprint density at radius 1 is 1.54 bits per heavy atom. The molecule has 2 nitrogen and oxygen atoms in total. The third kappa shape index (κ3) is 2.00. The van der Waals surface area contributed by atoms with Gasteiger partial charge >= 0.3 is 0 Å². The highest BCUT2D eigenvalue weighted by Crippen LogP contribution is 2.26. The van der Waals surface area contributed by atoms with Gasteiger partial charge < -0.3 is 5.01 Å². The van der Waals surface area contributed by atoms with E-state index in [9.17, 15) is 4.39 Å². The van der Waals surface area contributed by atoms with Gasteiger partial charge in [0.1, 0.15) is 5.82 Å². The van der Waals surface area contributed by atoms with E-state index in [0.29, 0.717) is 11.0 Å². The summed E-state index contributed by atoms with van der Waals surface area (Å²) in [7, 11) is 1.63. The molecule has 0 atom stereocenters. The van der Waals surface area contributed by atoms with Crippen LogP contribution in [0.1, 0.15) is 11.1 Å². The smallest absolute Gasteiger partial charge is 0.148 e. The largest absolute Gasteiger partial charge is 0.311 e. The number of hydrazine groups is 1. The molecule has 4 heteroatoms. The Morgan fingerprint density at radius 2 is 2.15 bits per heavy atom. The van der Waals surface area contributed by atoms with E-state index in [2.05, 4.69) is 15.9 Å². The molecule has 2 N–H and O–H groups in total. The Kier molecular flexibility index (Phi) is 3.27. The lowest BCUT2D eigenvalue weighted by Crippen LogP contribution is -2.27. The molecule has 0 aromatic heterocycles. The minimum atomic E-state index is -0.287. The number of hydrogen-bond donors (Lipinski definition) is 1. The second-order valence-corrected chi connectivity index (χ2v) is 3.50. The fraction of sp³-hybridized carbons (Fsp3) is 0.333. The van der Waals surface area contributed by atoms with Crippen molar-refractivity contribution in [2.45, 2.75) is 12.3 Å². The molecule has 13 heavy (non-hydrogen) atoms. The monoisotopic (exact) mass is 246 g/mol. The van der Waals surface area contributed by atoms with E-state index in [1.807, 2.05) is 6.92 Å². The quantitative estimate of drug-likeness (QED) is 0.493. The van der Waals surface area contributed by atoms with Crippen molar-refractivity contribution in [3.05, 3.63) is 29.1 Å².